The maximum Gasteiger partial charge on any atom is 0.344 e. The highest BCUT2D eigenvalue weighted by Gasteiger charge is 2.10. The van der Waals surface area contributed by atoms with Gasteiger partial charge in [-0.1, -0.05) is 6.92 Å². The lowest BCUT2D eigenvalue weighted by Gasteiger charge is -2.08. The number of amides is 2. The van der Waals surface area contributed by atoms with Gasteiger partial charge in [-0.2, -0.15) is 0 Å². The van der Waals surface area contributed by atoms with Crippen LogP contribution in [0.15, 0.2) is 48.5 Å². The van der Waals surface area contributed by atoms with Crippen molar-refractivity contribution >= 4 is 29.3 Å². The molecule has 146 valence electrons. The summed E-state index contributed by atoms with van der Waals surface area (Å²) in [4.78, 5) is 46.0. The van der Waals surface area contributed by atoms with E-state index < -0.39 is 24.4 Å². The molecule has 8 heteroatoms. The molecule has 28 heavy (non-hydrogen) atoms. The van der Waals surface area contributed by atoms with Gasteiger partial charge in [0.15, 0.2) is 19.0 Å². The van der Waals surface area contributed by atoms with Gasteiger partial charge in [0.2, 0.25) is 5.91 Å². The molecule has 0 atom stereocenters. The second-order valence-electron chi connectivity index (χ2n) is 5.74. The van der Waals surface area contributed by atoms with Crippen molar-refractivity contribution in [3.05, 3.63) is 59.7 Å². The first kappa shape index (κ1) is 20.6. The summed E-state index contributed by atoms with van der Waals surface area (Å²) >= 11 is 0. The lowest BCUT2D eigenvalue weighted by molar-refractivity contribution is -0.149. The van der Waals surface area contributed by atoms with Crippen LogP contribution in [0.25, 0.3) is 0 Å². The van der Waals surface area contributed by atoms with Crippen LogP contribution in [0.3, 0.4) is 0 Å². The number of hydrogen-bond acceptors (Lipinski definition) is 6. The van der Waals surface area contributed by atoms with E-state index in [2.05, 4.69) is 5.32 Å². The van der Waals surface area contributed by atoms with Gasteiger partial charge in [-0.15, -0.1) is 0 Å². The van der Waals surface area contributed by atoms with E-state index in [-0.39, 0.29) is 12.4 Å². The average molecular weight is 384 g/mol. The normalized spacial score (nSPS) is 10.0. The zero-order chi connectivity index (χ0) is 20.5. The molecule has 0 spiro atoms. The van der Waals surface area contributed by atoms with Gasteiger partial charge in [0.1, 0.15) is 5.75 Å². The molecule has 0 fully saturated rings. The lowest BCUT2D eigenvalue weighted by Crippen LogP contribution is -2.23. The minimum Gasteiger partial charge on any atom is -0.482 e. The molecule has 0 radical (unpaired) electrons. The predicted molar refractivity (Wildman–Crippen MR) is 101 cm³/mol. The first-order valence-corrected chi connectivity index (χ1v) is 8.50. The van der Waals surface area contributed by atoms with Crippen LogP contribution in [0.1, 0.15) is 34.1 Å². The Morgan fingerprint density at radius 1 is 0.893 bits per heavy atom. The molecule has 0 heterocycles. The number of nitrogens with one attached hydrogen (secondary N) is 1. The van der Waals surface area contributed by atoms with Gasteiger partial charge in [-0.25, -0.2) is 4.79 Å². The summed E-state index contributed by atoms with van der Waals surface area (Å²) in [7, 11) is 0. The molecule has 0 aliphatic carbocycles. The SMILES string of the molecule is CCC(=O)c1ccc(OCC(=O)OCC(=O)Nc2ccc(C(N)=O)cc2)cc1. The summed E-state index contributed by atoms with van der Waals surface area (Å²) in [5.74, 6) is -1.40. The van der Waals surface area contributed by atoms with Crippen molar-refractivity contribution in [1.29, 1.82) is 0 Å². The maximum absolute atomic E-state index is 11.8. The Morgan fingerprint density at radius 2 is 1.50 bits per heavy atom. The molecule has 2 aromatic rings. The summed E-state index contributed by atoms with van der Waals surface area (Å²) in [6, 6.07) is 12.4. The number of carbonyl (C=O) groups excluding carboxylic acids is 4. The Kier molecular flexibility index (Phi) is 7.27. The zero-order valence-corrected chi connectivity index (χ0v) is 15.3. The number of esters is 1. The van der Waals surface area contributed by atoms with Crippen LogP contribution >= 0.6 is 0 Å². The molecule has 0 bridgehead atoms. The fraction of sp³-hybridized carbons (Fsp3) is 0.200. The Hall–Kier alpha value is -3.68. The fourth-order valence-electron chi connectivity index (χ4n) is 2.19. The van der Waals surface area contributed by atoms with E-state index >= 15 is 0 Å². The van der Waals surface area contributed by atoms with Crippen molar-refractivity contribution in [2.45, 2.75) is 13.3 Å². The second-order valence-corrected chi connectivity index (χ2v) is 5.74. The average Bonchev–Trinajstić information content (AvgIpc) is 2.71. The lowest BCUT2D eigenvalue weighted by atomic mass is 10.1. The van der Waals surface area contributed by atoms with E-state index in [1.165, 1.54) is 24.3 Å². The summed E-state index contributed by atoms with van der Waals surface area (Å²) in [6.45, 7) is 0.917. The zero-order valence-electron chi connectivity index (χ0n) is 15.3. The van der Waals surface area contributed by atoms with Crippen molar-refractivity contribution in [1.82, 2.24) is 0 Å². The number of primary amides is 1. The fourth-order valence-corrected chi connectivity index (χ4v) is 2.19. The number of carbonyl (C=O) groups is 4. The van der Waals surface area contributed by atoms with Crippen molar-refractivity contribution in [3.8, 4) is 5.75 Å². The van der Waals surface area contributed by atoms with Crippen molar-refractivity contribution in [2.24, 2.45) is 5.73 Å². The third kappa shape index (κ3) is 6.24. The largest absolute Gasteiger partial charge is 0.482 e. The second kappa shape index (κ2) is 9.86. The van der Waals surface area contributed by atoms with Gasteiger partial charge in [-0.05, 0) is 48.5 Å². The number of Topliss-reactive ketones (excluding diaryl/α,β-unsaturated/α-hetero) is 1. The van der Waals surface area contributed by atoms with Crippen LogP contribution < -0.4 is 15.8 Å². The van der Waals surface area contributed by atoms with Crippen molar-refractivity contribution in [3.63, 3.8) is 0 Å². The van der Waals surface area contributed by atoms with E-state index in [9.17, 15) is 19.2 Å². The molecule has 2 amide bonds. The first-order valence-electron chi connectivity index (χ1n) is 8.50. The van der Waals surface area contributed by atoms with Crippen LogP contribution in [0.5, 0.6) is 5.75 Å². The molecule has 0 unspecified atom stereocenters. The monoisotopic (exact) mass is 384 g/mol. The Labute approximate surface area is 161 Å². The molecule has 3 N–H and O–H groups in total. The number of nitrogens with two attached hydrogens (primary N) is 1. The quantitative estimate of drug-likeness (QED) is 0.503. The third-order valence-electron chi connectivity index (χ3n) is 3.67. The summed E-state index contributed by atoms with van der Waals surface area (Å²) in [5, 5.41) is 2.52. The predicted octanol–water partition coefficient (Wildman–Crippen LogP) is 1.94. The topological polar surface area (TPSA) is 125 Å². The number of hydrogen-bond donors (Lipinski definition) is 2. The molecule has 0 aliphatic rings. The van der Waals surface area contributed by atoms with E-state index in [1.54, 1.807) is 31.2 Å². The van der Waals surface area contributed by atoms with Crippen LogP contribution in [0.4, 0.5) is 5.69 Å². The third-order valence-corrected chi connectivity index (χ3v) is 3.67. The van der Waals surface area contributed by atoms with E-state index in [1.807, 2.05) is 0 Å². The van der Waals surface area contributed by atoms with Crippen LogP contribution in [-0.2, 0) is 14.3 Å². The molecule has 0 aliphatic heterocycles. The van der Waals surface area contributed by atoms with Crippen molar-refractivity contribution in [2.75, 3.05) is 18.5 Å². The van der Waals surface area contributed by atoms with Gasteiger partial charge in [0.25, 0.3) is 5.91 Å². The summed E-state index contributed by atoms with van der Waals surface area (Å²) in [5.41, 5.74) is 6.45. The Morgan fingerprint density at radius 3 is 2.07 bits per heavy atom. The van der Waals surface area contributed by atoms with Gasteiger partial charge in [-0.3, -0.25) is 14.4 Å². The van der Waals surface area contributed by atoms with E-state index in [4.69, 9.17) is 15.2 Å². The molecular formula is C20H20N2O6. The minimum atomic E-state index is -0.715. The highest BCUT2D eigenvalue weighted by atomic mass is 16.6. The molecule has 0 saturated heterocycles. The number of anilines is 1. The van der Waals surface area contributed by atoms with E-state index in [0.717, 1.165) is 0 Å². The summed E-state index contributed by atoms with van der Waals surface area (Å²) in [6.07, 6.45) is 0.407. The van der Waals surface area contributed by atoms with Crippen LogP contribution in [-0.4, -0.2) is 36.8 Å². The smallest absolute Gasteiger partial charge is 0.344 e. The Bertz CT molecular complexity index is 859. The van der Waals surface area contributed by atoms with Gasteiger partial charge < -0.3 is 20.5 Å². The van der Waals surface area contributed by atoms with Crippen LogP contribution in [0.2, 0.25) is 0 Å². The van der Waals surface area contributed by atoms with E-state index in [0.29, 0.717) is 29.0 Å². The van der Waals surface area contributed by atoms with Gasteiger partial charge in [0, 0.05) is 23.2 Å². The Balaban J connectivity index is 1.73. The number of ketones is 1. The van der Waals surface area contributed by atoms with Crippen LogP contribution in [0, 0.1) is 0 Å². The number of rotatable bonds is 9. The maximum atomic E-state index is 11.8. The highest BCUT2D eigenvalue weighted by Crippen LogP contribution is 2.13. The van der Waals surface area contributed by atoms with Crippen molar-refractivity contribution < 1.29 is 28.7 Å². The minimum absolute atomic E-state index is 0.0150. The molecular weight excluding hydrogens is 364 g/mol. The first-order chi connectivity index (χ1) is 13.4. The number of ether oxygens (including phenoxy) is 2. The number of benzene rings is 2. The molecule has 2 aromatic carbocycles. The molecule has 0 saturated carbocycles. The van der Waals surface area contributed by atoms with Gasteiger partial charge in [0.05, 0.1) is 0 Å². The summed E-state index contributed by atoms with van der Waals surface area (Å²) < 4.78 is 10.1. The molecule has 2 rings (SSSR count). The molecule has 8 nitrogen and oxygen atoms in total. The standard InChI is InChI=1S/C20H20N2O6/c1-2-17(23)13-5-9-16(10-6-13)27-12-19(25)28-11-18(24)22-15-7-3-14(4-8-15)20(21)26/h3-10H,2,11-12H2,1H3,(H2,21,26)(H,22,24). The highest BCUT2D eigenvalue weighted by molar-refractivity contribution is 5.96. The van der Waals surface area contributed by atoms with Gasteiger partial charge >= 0.3 is 5.97 Å². The molecule has 0 aromatic heterocycles.